The number of nitrogens with one attached hydrogen (secondary N) is 1. The molecule has 4 atom stereocenters. The lowest BCUT2D eigenvalue weighted by Gasteiger charge is -2.43. The van der Waals surface area contributed by atoms with E-state index in [0.717, 1.165) is 0 Å². The quantitative estimate of drug-likeness (QED) is 0.261. The van der Waals surface area contributed by atoms with Gasteiger partial charge in [0.25, 0.3) is 3.79 Å². The fourth-order valence-electron chi connectivity index (χ4n) is 2.16. The van der Waals surface area contributed by atoms with Crippen LogP contribution in [0, 0.1) is 5.41 Å². The lowest BCUT2D eigenvalue weighted by Crippen LogP contribution is -2.66. The molecule has 132 valence electrons. The van der Waals surface area contributed by atoms with E-state index in [4.69, 9.17) is 49.7 Å². The monoisotopic (exact) mass is 397 g/mol. The Labute approximate surface area is 152 Å². The maximum absolute atomic E-state index is 12.8. The number of alkyl halides is 3. The third kappa shape index (κ3) is 3.67. The molecule has 24 heavy (non-hydrogen) atoms. The molecule has 1 aliphatic rings. The SMILES string of the molecule is N=C(OC1(C(=O)c2ccccc2)OC[C@@H](O)[C@H](O)[C@H]1O)C(Cl)(Cl)Cl. The predicted molar refractivity (Wildman–Crippen MR) is 86.6 cm³/mol. The molecule has 7 nitrogen and oxygen atoms in total. The van der Waals surface area contributed by atoms with Crippen LogP contribution in [0.3, 0.4) is 0 Å². The van der Waals surface area contributed by atoms with Crippen LogP contribution in [-0.2, 0) is 9.47 Å². The summed E-state index contributed by atoms with van der Waals surface area (Å²) in [6, 6.07) is 7.60. The highest BCUT2D eigenvalue weighted by Gasteiger charge is 2.58. The Kier molecular flexibility index (Phi) is 5.76. The molecule has 0 aromatic heterocycles. The molecule has 0 aliphatic carbocycles. The molecule has 1 saturated heterocycles. The zero-order valence-corrected chi connectivity index (χ0v) is 14.3. The fraction of sp³-hybridized carbons (Fsp3) is 0.429. The van der Waals surface area contributed by atoms with Gasteiger partial charge in [0.1, 0.15) is 12.2 Å². The Morgan fingerprint density at radius 1 is 1.25 bits per heavy atom. The van der Waals surface area contributed by atoms with Crippen molar-refractivity contribution in [1.29, 1.82) is 5.41 Å². The van der Waals surface area contributed by atoms with E-state index < -0.39 is 46.2 Å². The molecule has 1 aliphatic heterocycles. The molecule has 1 unspecified atom stereocenters. The Bertz CT molecular complexity index is 623. The number of hydrogen-bond acceptors (Lipinski definition) is 7. The van der Waals surface area contributed by atoms with Gasteiger partial charge in [0, 0.05) is 5.56 Å². The van der Waals surface area contributed by atoms with Crippen LogP contribution in [0.1, 0.15) is 10.4 Å². The molecule has 0 saturated carbocycles. The van der Waals surface area contributed by atoms with Crippen LogP contribution in [0.5, 0.6) is 0 Å². The van der Waals surface area contributed by atoms with E-state index in [1.165, 1.54) is 12.1 Å². The van der Waals surface area contributed by atoms with Gasteiger partial charge in [-0.3, -0.25) is 10.2 Å². The highest BCUT2D eigenvalue weighted by atomic mass is 35.6. The summed E-state index contributed by atoms with van der Waals surface area (Å²) in [6.07, 6.45) is -5.25. The summed E-state index contributed by atoms with van der Waals surface area (Å²) in [4.78, 5) is 12.8. The number of carbonyl (C=O) groups excluding carboxylic acids is 1. The van der Waals surface area contributed by atoms with Crippen LogP contribution in [-0.4, -0.2) is 61.5 Å². The van der Waals surface area contributed by atoms with Gasteiger partial charge in [0.15, 0.2) is 6.10 Å². The first-order valence-corrected chi connectivity index (χ1v) is 7.85. The number of halogens is 3. The highest BCUT2D eigenvalue weighted by molar-refractivity contribution is 6.76. The van der Waals surface area contributed by atoms with Gasteiger partial charge in [-0.15, -0.1) is 0 Å². The van der Waals surface area contributed by atoms with E-state index in [9.17, 15) is 20.1 Å². The standard InChI is InChI=1S/C14H14Cl3NO6/c15-14(16,17)12(18)24-13(10(21)7-4-2-1-3-5-7)11(22)9(20)8(19)6-23-13/h1-5,8-9,11,18-20,22H,6H2/t8-,9+,11-,13?/m1/s1. The number of aliphatic hydroxyl groups excluding tert-OH is 3. The van der Waals surface area contributed by atoms with Crippen molar-refractivity contribution < 1.29 is 29.6 Å². The molecular formula is C14H14Cl3NO6. The first-order valence-electron chi connectivity index (χ1n) is 6.72. The average Bonchev–Trinajstić information content (AvgIpc) is 2.54. The van der Waals surface area contributed by atoms with E-state index >= 15 is 0 Å². The minimum atomic E-state index is -2.54. The topological polar surface area (TPSA) is 120 Å². The van der Waals surface area contributed by atoms with Crippen LogP contribution in [0.25, 0.3) is 0 Å². The van der Waals surface area contributed by atoms with Gasteiger partial charge >= 0.3 is 5.79 Å². The van der Waals surface area contributed by atoms with Gasteiger partial charge in [0.05, 0.1) is 6.61 Å². The zero-order valence-electron chi connectivity index (χ0n) is 12.0. The van der Waals surface area contributed by atoms with Crippen molar-refractivity contribution in [2.24, 2.45) is 0 Å². The van der Waals surface area contributed by atoms with Gasteiger partial charge in [-0.1, -0.05) is 65.1 Å². The largest absolute Gasteiger partial charge is 0.434 e. The van der Waals surface area contributed by atoms with Crippen LogP contribution < -0.4 is 0 Å². The van der Waals surface area contributed by atoms with Crippen LogP contribution in [0.15, 0.2) is 30.3 Å². The molecule has 0 amide bonds. The first kappa shape index (κ1) is 19.4. The Morgan fingerprint density at radius 3 is 2.38 bits per heavy atom. The van der Waals surface area contributed by atoms with Crippen molar-refractivity contribution in [3.63, 3.8) is 0 Å². The molecule has 0 spiro atoms. The minimum absolute atomic E-state index is 0.0669. The molecule has 1 heterocycles. The highest BCUT2D eigenvalue weighted by Crippen LogP contribution is 2.36. The van der Waals surface area contributed by atoms with Crippen LogP contribution in [0.4, 0.5) is 0 Å². The Balaban J connectivity index is 2.46. The second-order valence-corrected chi connectivity index (χ2v) is 7.39. The van der Waals surface area contributed by atoms with E-state index in [0.29, 0.717) is 0 Å². The smallest absolute Gasteiger partial charge is 0.305 e. The number of Topliss-reactive ketones (excluding diaryl/α,β-unsaturated/α-hetero) is 1. The third-order valence-corrected chi connectivity index (χ3v) is 3.95. The third-order valence-electron chi connectivity index (χ3n) is 3.44. The van der Waals surface area contributed by atoms with Crippen molar-refractivity contribution >= 4 is 46.5 Å². The summed E-state index contributed by atoms with van der Waals surface area (Å²) < 4.78 is 7.95. The number of ketones is 1. The molecule has 0 radical (unpaired) electrons. The lowest BCUT2D eigenvalue weighted by atomic mass is 9.90. The summed E-state index contributed by atoms with van der Waals surface area (Å²) in [7, 11) is 0. The molecule has 10 heteroatoms. The van der Waals surface area contributed by atoms with Gasteiger partial charge in [-0.25, -0.2) is 0 Å². The average molecular weight is 399 g/mol. The molecule has 1 fully saturated rings. The summed E-state index contributed by atoms with van der Waals surface area (Å²) in [5.74, 6) is -4.43. The fourth-order valence-corrected chi connectivity index (χ4v) is 2.28. The second-order valence-electron chi connectivity index (χ2n) is 5.11. The molecular weight excluding hydrogens is 385 g/mol. The van der Waals surface area contributed by atoms with Crippen molar-refractivity contribution in [1.82, 2.24) is 0 Å². The molecule has 0 bridgehead atoms. The van der Waals surface area contributed by atoms with Gasteiger partial charge in [-0.05, 0) is 0 Å². The van der Waals surface area contributed by atoms with Crippen LogP contribution in [0.2, 0.25) is 0 Å². The molecule has 1 aromatic rings. The van der Waals surface area contributed by atoms with Crippen molar-refractivity contribution in [2.75, 3.05) is 6.61 Å². The number of rotatable bonds is 3. The van der Waals surface area contributed by atoms with Crippen LogP contribution >= 0.6 is 34.8 Å². The summed E-state index contributed by atoms with van der Waals surface area (Å²) in [5, 5.41) is 37.5. The van der Waals surface area contributed by atoms with Crippen molar-refractivity contribution in [3.8, 4) is 0 Å². The summed E-state index contributed by atoms with van der Waals surface area (Å²) in [5.41, 5.74) is 0.0669. The molecule has 4 N–H and O–H groups in total. The number of ether oxygens (including phenoxy) is 2. The molecule has 2 rings (SSSR count). The maximum Gasteiger partial charge on any atom is 0.305 e. The Morgan fingerprint density at radius 2 is 1.83 bits per heavy atom. The number of benzene rings is 1. The minimum Gasteiger partial charge on any atom is -0.434 e. The van der Waals surface area contributed by atoms with E-state index in [-0.39, 0.29) is 5.56 Å². The zero-order chi connectivity index (χ0) is 18.1. The van der Waals surface area contributed by atoms with Gasteiger partial charge < -0.3 is 24.8 Å². The number of carbonyl (C=O) groups is 1. The van der Waals surface area contributed by atoms with E-state index in [1.807, 2.05) is 0 Å². The van der Waals surface area contributed by atoms with Gasteiger partial charge in [-0.2, -0.15) is 0 Å². The summed E-state index contributed by atoms with van der Waals surface area (Å²) >= 11 is 16.6. The van der Waals surface area contributed by atoms with E-state index in [1.54, 1.807) is 18.2 Å². The normalized spacial score (nSPS) is 30.7. The second kappa shape index (κ2) is 7.13. The summed E-state index contributed by atoms with van der Waals surface area (Å²) in [6.45, 7) is -0.538. The maximum atomic E-state index is 12.8. The Hall–Kier alpha value is -0.930. The van der Waals surface area contributed by atoms with Crippen molar-refractivity contribution in [2.45, 2.75) is 27.9 Å². The van der Waals surface area contributed by atoms with Crippen molar-refractivity contribution in [3.05, 3.63) is 35.9 Å². The lowest BCUT2D eigenvalue weighted by molar-refractivity contribution is -0.286. The van der Waals surface area contributed by atoms with Gasteiger partial charge in [0.2, 0.25) is 11.7 Å². The number of aliphatic hydroxyl groups is 3. The first-order chi connectivity index (χ1) is 11.1. The number of hydrogen-bond donors (Lipinski definition) is 4. The van der Waals surface area contributed by atoms with E-state index in [2.05, 4.69) is 0 Å². The molecule has 1 aromatic carbocycles. The predicted octanol–water partition coefficient (Wildman–Crippen LogP) is 1.04.